The van der Waals surface area contributed by atoms with E-state index in [4.69, 9.17) is 4.74 Å². The Balaban J connectivity index is 0.00000363. The van der Waals surface area contributed by atoms with E-state index in [1.807, 2.05) is 30.3 Å². The van der Waals surface area contributed by atoms with Crippen LogP contribution >= 0.6 is 24.0 Å². The van der Waals surface area contributed by atoms with Crippen molar-refractivity contribution in [3.05, 3.63) is 65.5 Å². The number of anilines is 1. The maximum atomic E-state index is 13.6. The minimum Gasteiger partial charge on any atom is -0.368 e. The summed E-state index contributed by atoms with van der Waals surface area (Å²) in [5, 5.41) is 9.52. The highest BCUT2D eigenvalue weighted by Crippen LogP contribution is 2.23. The van der Waals surface area contributed by atoms with Gasteiger partial charge in [-0.15, -0.1) is 24.0 Å². The normalized spacial score (nSPS) is 16.2. The van der Waals surface area contributed by atoms with Gasteiger partial charge in [0, 0.05) is 37.8 Å². The quantitative estimate of drug-likeness (QED) is 0.273. The van der Waals surface area contributed by atoms with E-state index >= 15 is 0 Å². The average Bonchev–Trinajstić information content (AvgIpc) is 3.29. The van der Waals surface area contributed by atoms with Gasteiger partial charge in [-0.05, 0) is 48.2 Å². The third kappa shape index (κ3) is 7.44. The van der Waals surface area contributed by atoms with Crippen molar-refractivity contribution in [3.8, 4) is 0 Å². The smallest absolute Gasteiger partial charge is 0.253 e. The fraction of sp³-hybridized carbons (Fsp3) is 0.417. The Hall–Kier alpha value is -2.20. The topological polar surface area (TPSA) is 74.8 Å². The fourth-order valence-corrected chi connectivity index (χ4v) is 3.49. The summed E-state index contributed by atoms with van der Waals surface area (Å²) in [4.78, 5) is 16.5. The molecule has 1 aliphatic heterocycles. The van der Waals surface area contributed by atoms with Crippen LogP contribution in [0.25, 0.3) is 0 Å². The minimum absolute atomic E-state index is 0. The van der Waals surface area contributed by atoms with Gasteiger partial charge in [-0.3, -0.25) is 9.79 Å². The van der Waals surface area contributed by atoms with Gasteiger partial charge in [0.15, 0.2) is 5.96 Å². The molecular formula is C24H32FIN4O2. The molecule has 3 rings (SSSR count). The number of benzene rings is 2. The van der Waals surface area contributed by atoms with Gasteiger partial charge in [0.25, 0.3) is 5.91 Å². The van der Waals surface area contributed by atoms with Crippen molar-refractivity contribution < 1.29 is 13.9 Å². The number of aliphatic imine (C=N–C) groups is 1. The molecule has 1 saturated heterocycles. The highest BCUT2D eigenvalue weighted by Gasteiger charge is 2.23. The lowest BCUT2D eigenvalue weighted by Crippen LogP contribution is -2.43. The second-order valence-corrected chi connectivity index (χ2v) is 8.36. The van der Waals surface area contributed by atoms with E-state index in [9.17, 15) is 9.18 Å². The molecule has 2 aromatic carbocycles. The van der Waals surface area contributed by atoms with Gasteiger partial charge in [-0.25, -0.2) is 4.39 Å². The summed E-state index contributed by atoms with van der Waals surface area (Å²) in [5.74, 6) is 0.317. The second-order valence-electron chi connectivity index (χ2n) is 8.36. The lowest BCUT2D eigenvalue weighted by atomic mass is 9.84. The number of halogens is 2. The number of nitrogens with one attached hydrogen (secondary N) is 3. The number of rotatable bonds is 7. The van der Waals surface area contributed by atoms with Crippen LogP contribution in [0.3, 0.4) is 0 Å². The number of hydrogen-bond acceptors (Lipinski definition) is 3. The molecule has 8 heteroatoms. The van der Waals surface area contributed by atoms with Crippen LogP contribution < -0.4 is 16.0 Å². The first-order valence-electron chi connectivity index (χ1n) is 10.6. The van der Waals surface area contributed by atoms with Crippen molar-refractivity contribution in [2.24, 2.45) is 4.99 Å². The zero-order valence-electron chi connectivity index (χ0n) is 18.8. The molecule has 1 fully saturated rings. The summed E-state index contributed by atoms with van der Waals surface area (Å²) in [6.45, 7) is 5.89. The maximum Gasteiger partial charge on any atom is 0.253 e. The Bertz CT molecular complexity index is 930. The molecule has 0 aliphatic carbocycles. The number of amides is 1. The number of carbonyl (C=O) groups excluding carboxylic acids is 1. The SMILES string of the molecule is CN=C(NCc1cccc(NC(=O)C2CCCO2)c1)NCC(C)(C)c1cccc(F)c1.I. The largest absolute Gasteiger partial charge is 0.368 e. The maximum absolute atomic E-state index is 13.6. The molecule has 0 aromatic heterocycles. The van der Waals surface area contributed by atoms with Crippen molar-refractivity contribution in [3.63, 3.8) is 0 Å². The average molecular weight is 554 g/mol. The molecule has 0 bridgehead atoms. The van der Waals surface area contributed by atoms with Crippen LogP contribution in [0.4, 0.5) is 10.1 Å². The minimum atomic E-state index is -0.355. The number of guanidine groups is 1. The molecule has 1 amide bonds. The lowest BCUT2D eigenvalue weighted by Gasteiger charge is -2.27. The first kappa shape index (κ1) is 26.1. The third-order valence-electron chi connectivity index (χ3n) is 5.40. The Labute approximate surface area is 206 Å². The zero-order chi connectivity index (χ0) is 22.3. The molecule has 0 radical (unpaired) electrons. The van der Waals surface area contributed by atoms with Crippen LogP contribution in [-0.4, -0.2) is 38.2 Å². The van der Waals surface area contributed by atoms with Gasteiger partial charge in [0.2, 0.25) is 0 Å². The van der Waals surface area contributed by atoms with Gasteiger partial charge >= 0.3 is 0 Å². The van der Waals surface area contributed by atoms with Crippen LogP contribution in [0.5, 0.6) is 0 Å². The Morgan fingerprint density at radius 3 is 2.66 bits per heavy atom. The molecule has 2 aromatic rings. The molecule has 32 heavy (non-hydrogen) atoms. The molecule has 1 heterocycles. The molecular weight excluding hydrogens is 522 g/mol. The lowest BCUT2D eigenvalue weighted by molar-refractivity contribution is -0.124. The van der Waals surface area contributed by atoms with Crippen molar-refractivity contribution >= 4 is 41.5 Å². The zero-order valence-corrected chi connectivity index (χ0v) is 21.1. The molecule has 0 spiro atoms. The number of ether oxygens (including phenoxy) is 1. The summed E-state index contributed by atoms with van der Waals surface area (Å²) in [6.07, 6.45) is 1.33. The first-order chi connectivity index (χ1) is 14.9. The van der Waals surface area contributed by atoms with Crippen LogP contribution in [0, 0.1) is 5.82 Å². The molecule has 6 nitrogen and oxygen atoms in total. The van der Waals surface area contributed by atoms with E-state index in [0.717, 1.165) is 29.7 Å². The van der Waals surface area contributed by atoms with E-state index in [1.165, 1.54) is 6.07 Å². The molecule has 0 saturated carbocycles. The standard InChI is InChI=1S/C24H31FN4O2.HI/c1-24(2,18-8-5-9-19(25)14-18)16-28-23(26-3)27-15-17-7-4-10-20(13-17)29-22(30)21-11-6-12-31-21;/h4-5,7-10,13-14,21H,6,11-12,15-16H2,1-3H3,(H,29,30)(H2,26,27,28);1H. The number of nitrogens with zero attached hydrogens (tertiary/aromatic N) is 1. The first-order valence-corrected chi connectivity index (χ1v) is 10.6. The highest BCUT2D eigenvalue weighted by molar-refractivity contribution is 14.0. The second kappa shape index (κ2) is 12.2. The predicted octanol–water partition coefficient (Wildman–Crippen LogP) is 4.20. The Morgan fingerprint density at radius 2 is 1.97 bits per heavy atom. The van der Waals surface area contributed by atoms with Gasteiger partial charge in [0.1, 0.15) is 11.9 Å². The van der Waals surface area contributed by atoms with E-state index in [2.05, 4.69) is 34.8 Å². The van der Waals surface area contributed by atoms with Crippen molar-refractivity contribution in [1.82, 2.24) is 10.6 Å². The van der Waals surface area contributed by atoms with Crippen LogP contribution in [0.2, 0.25) is 0 Å². The Kier molecular flexibility index (Phi) is 9.89. The van der Waals surface area contributed by atoms with Gasteiger partial charge in [0.05, 0.1) is 0 Å². The van der Waals surface area contributed by atoms with E-state index < -0.39 is 0 Å². The van der Waals surface area contributed by atoms with E-state index in [0.29, 0.717) is 25.7 Å². The summed E-state index contributed by atoms with van der Waals surface area (Å²) >= 11 is 0. The molecule has 1 aliphatic rings. The predicted molar refractivity (Wildman–Crippen MR) is 137 cm³/mol. The summed E-state index contributed by atoms with van der Waals surface area (Å²) < 4.78 is 19.0. The summed E-state index contributed by atoms with van der Waals surface area (Å²) in [5.41, 5.74) is 2.41. The third-order valence-corrected chi connectivity index (χ3v) is 5.40. The Morgan fingerprint density at radius 1 is 1.19 bits per heavy atom. The van der Waals surface area contributed by atoms with Crippen LogP contribution in [-0.2, 0) is 21.5 Å². The molecule has 1 atom stereocenters. The van der Waals surface area contributed by atoms with Gasteiger partial charge in [-0.2, -0.15) is 0 Å². The van der Waals surface area contributed by atoms with Crippen molar-refractivity contribution in [2.45, 2.75) is 44.8 Å². The van der Waals surface area contributed by atoms with E-state index in [-0.39, 0.29) is 47.2 Å². The van der Waals surface area contributed by atoms with Crippen molar-refractivity contribution in [1.29, 1.82) is 0 Å². The number of hydrogen-bond donors (Lipinski definition) is 3. The van der Waals surface area contributed by atoms with Crippen molar-refractivity contribution in [2.75, 3.05) is 25.5 Å². The fourth-order valence-electron chi connectivity index (χ4n) is 3.49. The molecule has 174 valence electrons. The molecule has 3 N–H and O–H groups in total. The summed E-state index contributed by atoms with van der Waals surface area (Å²) in [7, 11) is 1.71. The van der Waals surface area contributed by atoms with Gasteiger partial charge < -0.3 is 20.7 Å². The van der Waals surface area contributed by atoms with E-state index in [1.54, 1.807) is 19.2 Å². The van der Waals surface area contributed by atoms with Crippen LogP contribution in [0.15, 0.2) is 53.5 Å². The molecule has 1 unspecified atom stereocenters. The number of carbonyl (C=O) groups is 1. The van der Waals surface area contributed by atoms with Gasteiger partial charge in [-0.1, -0.05) is 38.1 Å². The highest BCUT2D eigenvalue weighted by atomic mass is 127. The monoisotopic (exact) mass is 554 g/mol. The summed E-state index contributed by atoms with van der Waals surface area (Å²) in [6, 6.07) is 14.4. The van der Waals surface area contributed by atoms with Crippen LogP contribution in [0.1, 0.15) is 37.8 Å².